The van der Waals surface area contributed by atoms with Gasteiger partial charge in [-0.1, -0.05) is 30.3 Å². The van der Waals surface area contributed by atoms with Crippen LogP contribution in [0.2, 0.25) is 0 Å². The van der Waals surface area contributed by atoms with Crippen LogP contribution in [-0.2, 0) is 6.18 Å². The molecule has 3 atom stereocenters. The van der Waals surface area contributed by atoms with E-state index in [4.69, 9.17) is 0 Å². The second-order valence-electron chi connectivity index (χ2n) is 6.83. The number of fused-ring (bicyclic) bond motifs is 1. The van der Waals surface area contributed by atoms with Gasteiger partial charge >= 0.3 is 6.18 Å². The maximum Gasteiger partial charge on any atom is 0.433 e. The van der Waals surface area contributed by atoms with Gasteiger partial charge in [0.25, 0.3) is 5.91 Å². The molecule has 8 heteroatoms. The number of alkyl halides is 3. The van der Waals surface area contributed by atoms with Gasteiger partial charge in [0.05, 0.1) is 11.6 Å². The molecule has 0 unspecified atom stereocenters. The van der Waals surface area contributed by atoms with Gasteiger partial charge in [-0.05, 0) is 23.6 Å². The number of nitrogens with zero attached hydrogens (tertiary/aromatic N) is 2. The number of benzene rings is 1. The molecule has 1 amide bonds. The fourth-order valence-electron chi connectivity index (χ4n) is 4.06. The molecule has 4 nitrogen and oxygen atoms in total. The third kappa shape index (κ3) is 3.66. The van der Waals surface area contributed by atoms with E-state index in [0.29, 0.717) is 18.4 Å². The van der Waals surface area contributed by atoms with Crippen molar-refractivity contribution in [1.29, 1.82) is 0 Å². The van der Waals surface area contributed by atoms with Crippen LogP contribution in [0.4, 0.5) is 13.2 Å². The van der Waals surface area contributed by atoms with Crippen LogP contribution in [0.25, 0.3) is 0 Å². The molecule has 2 fully saturated rings. The Hall–Kier alpha value is -2.12. The van der Waals surface area contributed by atoms with Crippen molar-refractivity contribution in [3.8, 4) is 0 Å². The van der Waals surface area contributed by atoms with Gasteiger partial charge in [-0.2, -0.15) is 13.2 Å². The maximum atomic E-state index is 13.0. The van der Waals surface area contributed by atoms with Gasteiger partial charge < -0.3 is 10.2 Å². The molecule has 27 heavy (non-hydrogen) atoms. The minimum Gasteiger partial charge on any atom is -0.331 e. The fourth-order valence-corrected chi connectivity index (χ4v) is 4.06. The zero-order valence-corrected chi connectivity index (χ0v) is 15.1. The van der Waals surface area contributed by atoms with E-state index < -0.39 is 11.9 Å². The molecule has 1 aromatic carbocycles. The summed E-state index contributed by atoms with van der Waals surface area (Å²) in [5.74, 6) is 0.393. The third-order valence-electron chi connectivity index (χ3n) is 5.27. The first-order valence-corrected chi connectivity index (χ1v) is 8.55. The Bertz CT molecular complexity index is 798. The lowest BCUT2D eigenvalue weighted by atomic mass is 9.89. The molecule has 2 aromatic rings. The standard InChI is InChI=1S/C19H18F3N3O.ClH/c20-19(21,22)16-7-6-13(9-24-16)18(26)25-11-14-8-23-10-15(14)17(25)12-4-2-1-3-5-12;/h1-7,9,14-15,17,23H,8,10-11H2;1H/t14-,15-,17-;/m0./s1. The van der Waals surface area contributed by atoms with E-state index >= 15 is 0 Å². The summed E-state index contributed by atoms with van der Waals surface area (Å²) in [5, 5.41) is 3.37. The summed E-state index contributed by atoms with van der Waals surface area (Å²) in [6.45, 7) is 2.28. The van der Waals surface area contributed by atoms with Gasteiger partial charge in [-0.3, -0.25) is 9.78 Å². The summed E-state index contributed by atoms with van der Waals surface area (Å²) in [5.41, 5.74) is 0.250. The Balaban J connectivity index is 0.00000210. The highest BCUT2D eigenvalue weighted by atomic mass is 35.5. The van der Waals surface area contributed by atoms with E-state index in [1.54, 1.807) is 4.90 Å². The number of halogens is 4. The van der Waals surface area contributed by atoms with Crippen molar-refractivity contribution < 1.29 is 18.0 Å². The molecule has 0 aliphatic carbocycles. The predicted octanol–water partition coefficient (Wildman–Crippen LogP) is 3.55. The van der Waals surface area contributed by atoms with E-state index in [0.717, 1.165) is 30.9 Å². The van der Waals surface area contributed by atoms with Gasteiger partial charge in [0.15, 0.2) is 0 Å². The third-order valence-corrected chi connectivity index (χ3v) is 5.27. The highest BCUT2D eigenvalue weighted by molar-refractivity contribution is 5.94. The minimum absolute atomic E-state index is 0. The smallest absolute Gasteiger partial charge is 0.331 e. The fraction of sp³-hybridized carbons (Fsp3) is 0.368. The molecule has 2 saturated heterocycles. The number of rotatable bonds is 2. The van der Waals surface area contributed by atoms with Crippen LogP contribution in [-0.4, -0.2) is 35.4 Å². The number of likely N-dealkylation sites (tertiary alicyclic amines) is 1. The van der Waals surface area contributed by atoms with Gasteiger partial charge in [0, 0.05) is 31.7 Å². The summed E-state index contributed by atoms with van der Waals surface area (Å²) in [6, 6.07) is 11.8. The highest BCUT2D eigenvalue weighted by Gasteiger charge is 2.46. The first-order chi connectivity index (χ1) is 12.4. The Kier molecular flexibility index (Phi) is 5.44. The molecule has 0 spiro atoms. The topological polar surface area (TPSA) is 45.2 Å². The lowest BCUT2D eigenvalue weighted by molar-refractivity contribution is -0.141. The molecule has 3 heterocycles. The number of carbonyl (C=O) groups excluding carboxylic acids is 1. The zero-order valence-electron chi connectivity index (χ0n) is 14.3. The van der Waals surface area contributed by atoms with Crippen LogP contribution >= 0.6 is 12.4 Å². The lowest BCUT2D eigenvalue weighted by Crippen LogP contribution is -2.34. The molecule has 0 saturated carbocycles. The predicted molar refractivity (Wildman–Crippen MR) is 96.6 cm³/mol. The average molecular weight is 398 g/mol. The Labute approximate surface area is 161 Å². The second-order valence-corrected chi connectivity index (χ2v) is 6.83. The lowest BCUT2D eigenvalue weighted by Gasteiger charge is -2.28. The Morgan fingerprint density at radius 3 is 2.48 bits per heavy atom. The molecular formula is C19H19ClF3N3O. The number of pyridine rings is 1. The van der Waals surface area contributed by atoms with Crippen molar-refractivity contribution in [2.24, 2.45) is 11.8 Å². The molecule has 2 aliphatic rings. The van der Waals surface area contributed by atoms with Crippen LogP contribution in [0.3, 0.4) is 0 Å². The van der Waals surface area contributed by atoms with Crippen LogP contribution in [0.5, 0.6) is 0 Å². The highest BCUT2D eigenvalue weighted by Crippen LogP contribution is 2.43. The van der Waals surface area contributed by atoms with Crippen molar-refractivity contribution in [3.63, 3.8) is 0 Å². The molecule has 2 aliphatic heterocycles. The molecule has 1 aromatic heterocycles. The van der Waals surface area contributed by atoms with E-state index in [1.165, 1.54) is 6.07 Å². The number of carbonyl (C=O) groups is 1. The van der Waals surface area contributed by atoms with Crippen LogP contribution in [0, 0.1) is 11.8 Å². The van der Waals surface area contributed by atoms with E-state index in [-0.39, 0.29) is 29.9 Å². The summed E-state index contributed by atoms with van der Waals surface area (Å²) in [6.07, 6.45) is -3.48. The summed E-state index contributed by atoms with van der Waals surface area (Å²) < 4.78 is 38.1. The monoisotopic (exact) mass is 397 g/mol. The van der Waals surface area contributed by atoms with Gasteiger partial charge in [-0.15, -0.1) is 12.4 Å². The zero-order chi connectivity index (χ0) is 18.3. The molecule has 4 rings (SSSR count). The van der Waals surface area contributed by atoms with E-state index in [2.05, 4.69) is 10.3 Å². The Morgan fingerprint density at radius 1 is 1.11 bits per heavy atom. The first-order valence-electron chi connectivity index (χ1n) is 8.55. The summed E-state index contributed by atoms with van der Waals surface area (Å²) in [4.78, 5) is 18.2. The van der Waals surface area contributed by atoms with Crippen LogP contribution < -0.4 is 5.32 Å². The van der Waals surface area contributed by atoms with Crippen molar-refractivity contribution >= 4 is 18.3 Å². The number of amides is 1. The summed E-state index contributed by atoms with van der Waals surface area (Å²) >= 11 is 0. The second kappa shape index (κ2) is 7.48. The van der Waals surface area contributed by atoms with Gasteiger partial charge in [-0.25, -0.2) is 0 Å². The first kappa shape index (κ1) is 19.6. The number of nitrogens with one attached hydrogen (secondary N) is 1. The normalized spacial score (nSPS) is 24.4. The van der Waals surface area contributed by atoms with E-state index in [1.807, 2.05) is 30.3 Å². The van der Waals surface area contributed by atoms with E-state index in [9.17, 15) is 18.0 Å². The number of hydrogen-bond donors (Lipinski definition) is 1. The SMILES string of the molecule is Cl.O=C(c1ccc(C(F)(F)F)nc1)N1C[C@@H]2CNC[C@@H]2[C@@H]1c1ccccc1. The molecule has 0 bridgehead atoms. The molecular weight excluding hydrogens is 379 g/mol. The van der Waals surface area contributed by atoms with Crippen LogP contribution in [0.15, 0.2) is 48.7 Å². The maximum absolute atomic E-state index is 13.0. The number of hydrogen-bond acceptors (Lipinski definition) is 3. The number of aromatic nitrogens is 1. The quantitative estimate of drug-likeness (QED) is 0.842. The Morgan fingerprint density at radius 2 is 1.85 bits per heavy atom. The average Bonchev–Trinajstić information content (AvgIpc) is 3.22. The van der Waals surface area contributed by atoms with Crippen molar-refractivity contribution in [2.45, 2.75) is 12.2 Å². The molecule has 144 valence electrons. The molecule has 1 N–H and O–H groups in total. The van der Waals surface area contributed by atoms with Gasteiger partial charge in [0.1, 0.15) is 5.69 Å². The van der Waals surface area contributed by atoms with Gasteiger partial charge in [0.2, 0.25) is 0 Å². The molecule has 0 radical (unpaired) electrons. The summed E-state index contributed by atoms with van der Waals surface area (Å²) in [7, 11) is 0. The van der Waals surface area contributed by atoms with Crippen molar-refractivity contribution in [3.05, 3.63) is 65.5 Å². The van der Waals surface area contributed by atoms with Crippen molar-refractivity contribution in [2.75, 3.05) is 19.6 Å². The minimum atomic E-state index is -4.51. The van der Waals surface area contributed by atoms with Crippen molar-refractivity contribution in [1.82, 2.24) is 15.2 Å². The largest absolute Gasteiger partial charge is 0.433 e. The van der Waals surface area contributed by atoms with Crippen LogP contribution in [0.1, 0.15) is 27.7 Å².